The highest BCUT2D eigenvalue weighted by molar-refractivity contribution is 6.53. The van der Waals surface area contributed by atoms with Gasteiger partial charge in [0.1, 0.15) is 0 Å². The van der Waals surface area contributed by atoms with Gasteiger partial charge in [-0.2, -0.15) is 0 Å². The molecule has 0 bridgehead atoms. The number of hydrogen-bond acceptors (Lipinski definition) is 0. The van der Waals surface area contributed by atoms with E-state index in [0.29, 0.717) is 0 Å². The fraction of sp³-hybridized carbons (Fsp3) is 0.176. The first-order chi connectivity index (χ1) is 8.86. The van der Waals surface area contributed by atoms with E-state index in [1.54, 1.807) is 5.19 Å². The van der Waals surface area contributed by atoms with E-state index in [4.69, 9.17) is 0 Å². The molecule has 0 atom stereocenters. The van der Waals surface area contributed by atoms with Crippen LogP contribution in [0, 0.1) is 0 Å². The van der Waals surface area contributed by atoms with Crippen LogP contribution in [0.3, 0.4) is 0 Å². The van der Waals surface area contributed by atoms with Crippen molar-refractivity contribution < 1.29 is 0 Å². The van der Waals surface area contributed by atoms with Crippen molar-refractivity contribution in [2.75, 3.05) is 0 Å². The van der Waals surface area contributed by atoms with Crippen LogP contribution in [-0.2, 0) is 0 Å². The maximum absolute atomic E-state index is 2.41. The van der Waals surface area contributed by atoms with Crippen LogP contribution in [0.5, 0.6) is 0 Å². The molecule has 18 heavy (non-hydrogen) atoms. The monoisotopic (exact) mass is 250 g/mol. The predicted molar refractivity (Wildman–Crippen MR) is 84.7 cm³/mol. The Bertz CT molecular complexity index is 685. The number of rotatable bonds is 3. The third-order valence-electron chi connectivity index (χ3n) is 3.59. The smallest absolute Gasteiger partial charge is 0.0547 e. The fourth-order valence-corrected chi connectivity index (χ4v) is 3.94. The highest BCUT2D eigenvalue weighted by Crippen LogP contribution is 2.21. The molecule has 0 aliphatic rings. The lowest BCUT2D eigenvalue weighted by Gasteiger charge is -2.05. The molecular formula is C17H18Si. The van der Waals surface area contributed by atoms with Crippen LogP contribution in [-0.4, -0.2) is 9.52 Å². The molecule has 0 aliphatic carbocycles. The molecule has 0 amide bonds. The average Bonchev–Trinajstić information content (AvgIpc) is 2.42. The van der Waals surface area contributed by atoms with E-state index < -0.39 is 0 Å². The summed E-state index contributed by atoms with van der Waals surface area (Å²) in [6.07, 6.45) is 1.32. The zero-order valence-corrected chi connectivity index (χ0v) is 12.2. The normalized spacial score (nSPS) is 11.8. The van der Waals surface area contributed by atoms with Crippen molar-refractivity contribution in [2.24, 2.45) is 0 Å². The zero-order chi connectivity index (χ0) is 12.4. The third-order valence-corrected chi connectivity index (χ3v) is 5.67. The molecular weight excluding hydrogens is 232 g/mol. The molecule has 0 unspecified atom stereocenters. The molecule has 0 fully saturated rings. The Hall–Kier alpha value is -1.60. The second-order valence-electron chi connectivity index (χ2n) is 4.98. The van der Waals surface area contributed by atoms with E-state index in [-0.39, 0.29) is 9.52 Å². The Labute approximate surface area is 110 Å². The molecule has 0 radical (unpaired) electrons. The van der Waals surface area contributed by atoms with Crippen LogP contribution in [0.15, 0.2) is 54.6 Å². The second-order valence-corrected chi connectivity index (χ2v) is 7.01. The van der Waals surface area contributed by atoms with E-state index in [9.17, 15) is 0 Å². The maximum Gasteiger partial charge on any atom is 0.0547 e. The molecule has 1 heteroatoms. The maximum atomic E-state index is 2.41. The standard InChI is InChI=1S/C17H18Si/c1-2-9-18-17-8-7-15-10-13-5-3-4-6-14(13)11-16(15)12-17/h3-8,10-12H,2,9,18H2,1H3. The lowest BCUT2D eigenvalue weighted by Crippen LogP contribution is -2.12. The van der Waals surface area contributed by atoms with E-state index >= 15 is 0 Å². The summed E-state index contributed by atoms with van der Waals surface area (Å²) < 4.78 is 0. The summed E-state index contributed by atoms with van der Waals surface area (Å²) in [4.78, 5) is 0. The summed E-state index contributed by atoms with van der Waals surface area (Å²) in [6, 6.07) is 21.7. The van der Waals surface area contributed by atoms with Gasteiger partial charge < -0.3 is 0 Å². The van der Waals surface area contributed by atoms with Crippen LogP contribution >= 0.6 is 0 Å². The number of fused-ring (bicyclic) bond motifs is 2. The first-order valence-corrected chi connectivity index (χ1v) is 8.49. The van der Waals surface area contributed by atoms with Crippen molar-refractivity contribution in [1.82, 2.24) is 0 Å². The summed E-state index contributed by atoms with van der Waals surface area (Å²) >= 11 is 0. The lowest BCUT2D eigenvalue weighted by atomic mass is 10.0. The topological polar surface area (TPSA) is 0 Å². The lowest BCUT2D eigenvalue weighted by molar-refractivity contribution is 1.08. The van der Waals surface area contributed by atoms with Crippen molar-refractivity contribution in [1.29, 1.82) is 0 Å². The van der Waals surface area contributed by atoms with Gasteiger partial charge in [0.05, 0.1) is 9.52 Å². The Morgan fingerprint density at radius 2 is 1.44 bits per heavy atom. The minimum Gasteiger partial charge on any atom is -0.0663 e. The van der Waals surface area contributed by atoms with Gasteiger partial charge in [-0.15, -0.1) is 0 Å². The largest absolute Gasteiger partial charge is 0.0663 e. The molecule has 0 nitrogen and oxygen atoms in total. The molecule has 90 valence electrons. The van der Waals surface area contributed by atoms with Crippen molar-refractivity contribution in [3.05, 3.63) is 54.6 Å². The predicted octanol–water partition coefficient (Wildman–Crippen LogP) is 3.62. The third kappa shape index (κ3) is 2.18. The first-order valence-electron chi connectivity index (χ1n) is 6.78. The summed E-state index contributed by atoms with van der Waals surface area (Å²) in [5, 5.41) is 7.04. The van der Waals surface area contributed by atoms with E-state index in [1.807, 2.05) is 0 Å². The van der Waals surface area contributed by atoms with Gasteiger partial charge in [-0.3, -0.25) is 0 Å². The van der Waals surface area contributed by atoms with Crippen LogP contribution in [0.4, 0.5) is 0 Å². The highest BCUT2D eigenvalue weighted by atomic mass is 28.2. The van der Waals surface area contributed by atoms with Gasteiger partial charge in [-0.1, -0.05) is 67.0 Å². The Morgan fingerprint density at radius 1 is 0.778 bits per heavy atom. The Morgan fingerprint density at radius 3 is 2.17 bits per heavy atom. The molecule has 0 spiro atoms. The fourth-order valence-electron chi connectivity index (χ4n) is 2.53. The minimum atomic E-state index is -0.0512. The first kappa shape index (κ1) is 11.5. The molecule has 3 aromatic carbocycles. The minimum absolute atomic E-state index is 0.0512. The van der Waals surface area contributed by atoms with Gasteiger partial charge in [0.15, 0.2) is 0 Å². The molecule has 3 aromatic rings. The molecule has 0 saturated carbocycles. The SMILES string of the molecule is CCC[SiH2]c1ccc2cc3ccccc3cc2c1. The number of hydrogen-bond donors (Lipinski definition) is 0. The Balaban J connectivity index is 2.12. The quantitative estimate of drug-likeness (QED) is 0.492. The zero-order valence-electron chi connectivity index (χ0n) is 10.8. The Kier molecular flexibility index (Phi) is 3.16. The average molecular weight is 250 g/mol. The van der Waals surface area contributed by atoms with E-state index in [2.05, 4.69) is 61.5 Å². The summed E-state index contributed by atoms with van der Waals surface area (Å²) in [5.74, 6) is 0. The highest BCUT2D eigenvalue weighted by Gasteiger charge is 1.99. The second kappa shape index (κ2) is 4.95. The van der Waals surface area contributed by atoms with Gasteiger partial charge in [-0.25, -0.2) is 0 Å². The molecule has 0 saturated heterocycles. The molecule has 0 N–H and O–H groups in total. The van der Waals surface area contributed by atoms with Crippen LogP contribution in [0.25, 0.3) is 21.5 Å². The van der Waals surface area contributed by atoms with E-state index in [0.717, 1.165) is 0 Å². The van der Waals surface area contributed by atoms with Crippen LogP contribution < -0.4 is 5.19 Å². The molecule has 0 heterocycles. The molecule has 0 aliphatic heterocycles. The van der Waals surface area contributed by atoms with E-state index in [1.165, 1.54) is 34.0 Å². The van der Waals surface area contributed by atoms with Gasteiger partial charge in [0.2, 0.25) is 0 Å². The van der Waals surface area contributed by atoms with Crippen molar-refractivity contribution >= 4 is 36.3 Å². The van der Waals surface area contributed by atoms with Crippen molar-refractivity contribution in [3.8, 4) is 0 Å². The van der Waals surface area contributed by atoms with Gasteiger partial charge in [0, 0.05) is 0 Å². The van der Waals surface area contributed by atoms with Crippen LogP contribution in [0.1, 0.15) is 13.3 Å². The van der Waals surface area contributed by atoms with Gasteiger partial charge in [0.25, 0.3) is 0 Å². The summed E-state index contributed by atoms with van der Waals surface area (Å²) in [5.41, 5.74) is 0. The summed E-state index contributed by atoms with van der Waals surface area (Å²) in [7, 11) is -0.0512. The van der Waals surface area contributed by atoms with Crippen LogP contribution in [0.2, 0.25) is 6.04 Å². The molecule has 3 rings (SSSR count). The summed E-state index contributed by atoms with van der Waals surface area (Å²) in [6.45, 7) is 2.28. The number of benzene rings is 3. The van der Waals surface area contributed by atoms with Gasteiger partial charge in [-0.05, 0) is 33.7 Å². The van der Waals surface area contributed by atoms with Crippen molar-refractivity contribution in [2.45, 2.75) is 19.4 Å². The molecule has 0 aromatic heterocycles. The van der Waals surface area contributed by atoms with Gasteiger partial charge >= 0.3 is 0 Å². The van der Waals surface area contributed by atoms with Crippen molar-refractivity contribution in [3.63, 3.8) is 0 Å².